The van der Waals surface area contributed by atoms with Crippen molar-refractivity contribution in [2.75, 3.05) is 20.1 Å². The van der Waals surface area contributed by atoms with Gasteiger partial charge in [0, 0.05) is 22.3 Å². The highest BCUT2D eigenvalue weighted by Gasteiger charge is 2.17. The summed E-state index contributed by atoms with van der Waals surface area (Å²) in [6.07, 6.45) is 5.48. The Kier molecular flexibility index (Phi) is 5.01. The number of rotatable bonds is 5. The molecule has 1 aliphatic rings. The van der Waals surface area contributed by atoms with Crippen LogP contribution < -0.4 is 5.32 Å². The zero-order valence-corrected chi connectivity index (χ0v) is 11.9. The predicted octanol–water partition coefficient (Wildman–Crippen LogP) is 3.02. The fourth-order valence-electron chi connectivity index (χ4n) is 2.57. The van der Waals surface area contributed by atoms with E-state index in [9.17, 15) is 0 Å². The number of hydrogen-bond acceptors (Lipinski definition) is 3. The highest BCUT2D eigenvalue weighted by atomic mass is 32.1. The Hall–Kier alpha value is -0.380. The minimum Gasteiger partial charge on any atom is -0.312 e. The Morgan fingerprint density at radius 1 is 1.41 bits per heavy atom. The molecule has 0 bridgehead atoms. The van der Waals surface area contributed by atoms with E-state index < -0.39 is 0 Å². The molecule has 17 heavy (non-hydrogen) atoms. The van der Waals surface area contributed by atoms with Gasteiger partial charge in [-0.2, -0.15) is 0 Å². The number of likely N-dealkylation sites (tertiary alicyclic amines) is 1. The molecule has 2 rings (SSSR count). The first-order valence-corrected chi connectivity index (χ1v) is 7.53. The third-order valence-electron chi connectivity index (χ3n) is 3.67. The second-order valence-electron chi connectivity index (χ2n) is 5.11. The third-order valence-corrected chi connectivity index (χ3v) is 4.67. The normalized spacial score (nSPS) is 21.9. The Morgan fingerprint density at radius 2 is 2.29 bits per heavy atom. The van der Waals surface area contributed by atoms with E-state index in [0.29, 0.717) is 0 Å². The van der Waals surface area contributed by atoms with Crippen LogP contribution in [0.2, 0.25) is 0 Å². The van der Waals surface area contributed by atoms with Crippen LogP contribution in [0.25, 0.3) is 0 Å². The summed E-state index contributed by atoms with van der Waals surface area (Å²) < 4.78 is 0. The van der Waals surface area contributed by atoms with Crippen molar-refractivity contribution < 1.29 is 0 Å². The molecule has 0 amide bonds. The summed E-state index contributed by atoms with van der Waals surface area (Å²) >= 11 is 1.90. The van der Waals surface area contributed by atoms with Gasteiger partial charge in [0.05, 0.1) is 0 Å². The molecule has 1 aromatic heterocycles. The van der Waals surface area contributed by atoms with Crippen LogP contribution in [0.5, 0.6) is 0 Å². The third kappa shape index (κ3) is 4.09. The van der Waals surface area contributed by atoms with Gasteiger partial charge in [-0.15, -0.1) is 11.3 Å². The van der Waals surface area contributed by atoms with Crippen LogP contribution in [0.3, 0.4) is 0 Å². The van der Waals surface area contributed by atoms with Gasteiger partial charge in [-0.25, -0.2) is 0 Å². The van der Waals surface area contributed by atoms with Gasteiger partial charge in [-0.3, -0.25) is 0 Å². The van der Waals surface area contributed by atoms with Crippen LogP contribution in [-0.4, -0.2) is 31.1 Å². The van der Waals surface area contributed by atoms with E-state index in [1.807, 2.05) is 11.3 Å². The number of aryl methyl sites for hydroxylation is 1. The van der Waals surface area contributed by atoms with Crippen molar-refractivity contribution in [3.63, 3.8) is 0 Å². The minimum absolute atomic E-state index is 0.807. The van der Waals surface area contributed by atoms with Gasteiger partial charge in [0.25, 0.3) is 0 Å². The smallest absolute Gasteiger partial charge is 0.0299 e. The summed E-state index contributed by atoms with van der Waals surface area (Å²) in [4.78, 5) is 5.40. The highest BCUT2D eigenvalue weighted by Crippen LogP contribution is 2.17. The average Bonchev–Trinajstić information content (AvgIpc) is 2.73. The van der Waals surface area contributed by atoms with Gasteiger partial charge in [-0.1, -0.05) is 6.42 Å². The molecular weight excluding hydrogens is 228 g/mol. The summed E-state index contributed by atoms with van der Waals surface area (Å²) in [5.41, 5.74) is 0. The quantitative estimate of drug-likeness (QED) is 0.810. The number of thiophene rings is 1. The maximum atomic E-state index is 3.57. The van der Waals surface area contributed by atoms with Gasteiger partial charge in [0.15, 0.2) is 0 Å². The molecule has 1 N–H and O–H groups in total. The second kappa shape index (κ2) is 6.53. The van der Waals surface area contributed by atoms with Crippen molar-refractivity contribution in [3.05, 3.63) is 21.9 Å². The van der Waals surface area contributed by atoms with E-state index in [1.54, 1.807) is 0 Å². The Morgan fingerprint density at radius 3 is 3.00 bits per heavy atom. The van der Waals surface area contributed by atoms with Crippen LogP contribution in [0.4, 0.5) is 0 Å². The van der Waals surface area contributed by atoms with Gasteiger partial charge in [0.1, 0.15) is 0 Å². The van der Waals surface area contributed by atoms with Gasteiger partial charge < -0.3 is 10.2 Å². The van der Waals surface area contributed by atoms with E-state index in [2.05, 4.69) is 36.3 Å². The molecule has 96 valence electrons. The van der Waals surface area contributed by atoms with Crippen LogP contribution in [0.1, 0.15) is 35.4 Å². The zero-order chi connectivity index (χ0) is 12.1. The van der Waals surface area contributed by atoms with E-state index >= 15 is 0 Å². The minimum atomic E-state index is 0.807. The molecular formula is C14H24N2S. The van der Waals surface area contributed by atoms with Crippen molar-refractivity contribution in [1.82, 2.24) is 10.2 Å². The van der Waals surface area contributed by atoms with Crippen molar-refractivity contribution in [1.29, 1.82) is 0 Å². The molecule has 1 aromatic rings. The first kappa shape index (κ1) is 13.1. The number of nitrogens with zero attached hydrogens (tertiary/aromatic N) is 1. The lowest BCUT2D eigenvalue weighted by Crippen LogP contribution is -2.38. The van der Waals surface area contributed by atoms with E-state index in [-0.39, 0.29) is 0 Å². The van der Waals surface area contributed by atoms with Crippen molar-refractivity contribution in [3.8, 4) is 0 Å². The van der Waals surface area contributed by atoms with Crippen LogP contribution in [0, 0.1) is 6.92 Å². The Balaban J connectivity index is 1.62. The number of hydrogen-bond donors (Lipinski definition) is 1. The van der Waals surface area contributed by atoms with Crippen molar-refractivity contribution >= 4 is 11.3 Å². The second-order valence-corrected chi connectivity index (χ2v) is 6.48. The van der Waals surface area contributed by atoms with E-state index in [4.69, 9.17) is 0 Å². The monoisotopic (exact) mass is 252 g/mol. The SMILES string of the molecule is Cc1ccc(CNCCC2CCCCN2C)s1. The fraction of sp³-hybridized carbons (Fsp3) is 0.714. The summed E-state index contributed by atoms with van der Waals surface area (Å²) in [5, 5.41) is 3.57. The lowest BCUT2D eigenvalue weighted by atomic mass is 10.0. The lowest BCUT2D eigenvalue weighted by Gasteiger charge is -2.32. The molecule has 0 spiro atoms. The molecule has 1 saturated heterocycles. The molecule has 3 heteroatoms. The first-order chi connectivity index (χ1) is 8.25. The molecule has 0 radical (unpaired) electrons. The van der Waals surface area contributed by atoms with Crippen LogP contribution in [-0.2, 0) is 6.54 Å². The highest BCUT2D eigenvalue weighted by molar-refractivity contribution is 7.11. The van der Waals surface area contributed by atoms with Crippen LogP contribution >= 0.6 is 11.3 Å². The van der Waals surface area contributed by atoms with Crippen molar-refractivity contribution in [2.24, 2.45) is 0 Å². The molecule has 1 aliphatic heterocycles. The standard InChI is InChI=1S/C14H24N2S/c1-12-6-7-14(17-12)11-15-9-8-13-5-3-4-10-16(13)2/h6-7,13,15H,3-5,8-11H2,1-2H3. The maximum absolute atomic E-state index is 3.57. The van der Waals surface area contributed by atoms with Crippen LogP contribution in [0.15, 0.2) is 12.1 Å². The largest absolute Gasteiger partial charge is 0.312 e. The average molecular weight is 252 g/mol. The van der Waals surface area contributed by atoms with E-state index in [1.165, 1.54) is 42.0 Å². The summed E-state index contributed by atoms with van der Waals surface area (Å²) in [7, 11) is 2.27. The van der Waals surface area contributed by atoms with E-state index in [0.717, 1.165) is 19.1 Å². The molecule has 2 heterocycles. The Bertz CT molecular complexity index is 335. The first-order valence-electron chi connectivity index (χ1n) is 6.72. The fourth-order valence-corrected chi connectivity index (χ4v) is 3.43. The number of piperidine rings is 1. The van der Waals surface area contributed by atoms with Gasteiger partial charge in [0.2, 0.25) is 0 Å². The zero-order valence-electron chi connectivity index (χ0n) is 11.0. The molecule has 0 aromatic carbocycles. The molecule has 0 saturated carbocycles. The van der Waals surface area contributed by atoms with Gasteiger partial charge >= 0.3 is 0 Å². The lowest BCUT2D eigenvalue weighted by molar-refractivity contribution is 0.175. The predicted molar refractivity (Wildman–Crippen MR) is 75.6 cm³/mol. The van der Waals surface area contributed by atoms with Gasteiger partial charge in [-0.05, 0) is 58.5 Å². The molecule has 2 nitrogen and oxygen atoms in total. The molecule has 1 unspecified atom stereocenters. The summed E-state index contributed by atoms with van der Waals surface area (Å²) in [6.45, 7) is 5.64. The topological polar surface area (TPSA) is 15.3 Å². The summed E-state index contributed by atoms with van der Waals surface area (Å²) in [5.74, 6) is 0. The summed E-state index contributed by atoms with van der Waals surface area (Å²) in [6, 6.07) is 5.25. The molecule has 1 fully saturated rings. The van der Waals surface area contributed by atoms with Crippen molar-refractivity contribution in [2.45, 2.75) is 45.2 Å². The number of nitrogens with one attached hydrogen (secondary N) is 1. The molecule has 0 aliphatic carbocycles. The maximum Gasteiger partial charge on any atom is 0.0299 e. The Labute approximate surface area is 109 Å². The molecule has 1 atom stereocenters.